The van der Waals surface area contributed by atoms with Crippen molar-refractivity contribution >= 4 is 10.8 Å². The largest absolute Gasteiger partial charge is 0.315 e. The number of nitrogens with one attached hydrogen (secondary N) is 1. The van der Waals surface area contributed by atoms with Crippen LogP contribution in [-0.4, -0.2) is 36.1 Å². The van der Waals surface area contributed by atoms with Gasteiger partial charge in [-0.2, -0.15) is 0 Å². The number of aryl methyl sites for hydroxylation is 1. The Bertz CT molecular complexity index is 845. The van der Waals surface area contributed by atoms with E-state index in [2.05, 4.69) is 70.7 Å². The quantitative estimate of drug-likeness (QED) is 0.788. The van der Waals surface area contributed by atoms with E-state index in [1.165, 1.54) is 33.9 Å². The number of aromatic nitrogens is 1. The summed E-state index contributed by atoms with van der Waals surface area (Å²) in [4.78, 5) is 6.95. The minimum absolute atomic E-state index is 0.272. The summed E-state index contributed by atoms with van der Waals surface area (Å²) in [5.41, 5.74) is 4.03. The van der Waals surface area contributed by atoms with Crippen LogP contribution in [0.3, 0.4) is 0 Å². The lowest BCUT2D eigenvalue weighted by Gasteiger charge is -2.33. The molecule has 2 aromatic carbocycles. The maximum Gasteiger partial charge on any atom is 0.0612 e. The van der Waals surface area contributed by atoms with Gasteiger partial charge >= 0.3 is 0 Å². The Balaban J connectivity index is 1.89. The van der Waals surface area contributed by atoms with E-state index in [1.807, 2.05) is 12.4 Å². The van der Waals surface area contributed by atoms with Crippen molar-refractivity contribution in [2.24, 2.45) is 0 Å². The molecule has 1 aliphatic rings. The molecule has 0 saturated carbocycles. The van der Waals surface area contributed by atoms with E-state index in [-0.39, 0.29) is 6.04 Å². The van der Waals surface area contributed by atoms with E-state index in [0.717, 1.165) is 26.2 Å². The van der Waals surface area contributed by atoms with E-state index in [0.29, 0.717) is 0 Å². The van der Waals surface area contributed by atoms with E-state index < -0.39 is 0 Å². The third-order valence-corrected chi connectivity index (χ3v) is 5.22. The highest BCUT2D eigenvalue weighted by atomic mass is 15.2. The van der Waals surface area contributed by atoms with E-state index in [9.17, 15) is 0 Å². The standard InChI is InChI=1S/C22H25N3/c1-17-16-24-12-10-19(17)22(25-14-5-11-23-13-15-25)21-9-4-7-18-6-2-3-8-20(18)21/h2-4,6-10,12,16,22-23H,5,11,13-15H2,1H3. The highest BCUT2D eigenvalue weighted by molar-refractivity contribution is 5.86. The highest BCUT2D eigenvalue weighted by Gasteiger charge is 2.25. The second-order valence-corrected chi connectivity index (χ2v) is 6.84. The molecule has 1 aromatic heterocycles. The predicted octanol–water partition coefficient (Wildman–Crippen LogP) is 3.93. The molecule has 0 radical (unpaired) electrons. The summed E-state index contributed by atoms with van der Waals surface area (Å²) in [6.45, 7) is 6.51. The fourth-order valence-electron chi connectivity index (χ4n) is 3.97. The number of pyridine rings is 1. The number of nitrogens with zero attached hydrogens (tertiary/aromatic N) is 2. The Morgan fingerprint density at radius 2 is 1.84 bits per heavy atom. The van der Waals surface area contributed by atoms with Gasteiger partial charge in [-0.25, -0.2) is 0 Å². The molecule has 3 nitrogen and oxygen atoms in total. The summed E-state index contributed by atoms with van der Waals surface area (Å²) in [5, 5.41) is 6.19. The first kappa shape index (κ1) is 16.2. The molecule has 25 heavy (non-hydrogen) atoms. The minimum Gasteiger partial charge on any atom is -0.315 e. The molecule has 0 spiro atoms. The van der Waals surface area contributed by atoms with Crippen molar-refractivity contribution in [3.8, 4) is 0 Å². The van der Waals surface area contributed by atoms with Gasteiger partial charge in [0.05, 0.1) is 6.04 Å². The summed E-state index contributed by atoms with van der Waals surface area (Å²) < 4.78 is 0. The molecule has 4 rings (SSSR count). The van der Waals surface area contributed by atoms with Crippen molar-refractivity contribution in [1.82, 2.24) is 15.2 Å². The lowest BCUT2D eigenvalue weighted by molar-refractivity contribution is 0.241. The molecule has 128 valence electrons. The number of rotatable bonds is 3. The van der Waals surface area contributed by atoms with Gasteiger partial charge in [-0.05, 0) is 53.4 Å². The first-order valence-corrected chi connectivity index (χ1v) is 9.17. The SMILES string of the molecule is Cc1cnccc1C(c1cccc2ccccc12)N1CCCNCC1. The molecule has 1 fully saturated rings. The molecule has 3 heteroatoms. The van der Waals surface area contributed by atoms with Crippen LogP contribution in [0.25, 0.3) is 10.8 Å². The third kappa shape index (κ3) is 3.30. The van der Waals surface area contributed by atoms with E-state index in [1.54, 1.807) is 0 Å². The fraction of sp³-hybridized carbons (Fsp3) is 0.318. The number of hydrogen-bond donors (Lipinski definition) is 1. The van der Waals surface area contributed by atoms with Gasteiger partial charge in [0, 0.05) is 32.0 Å². The summed E-state index contributed by atoms with van der Waals surface area (Å²) in [6.07, 6.45) is 5.10. The second-order valence-electron chi connectivity index (χ2n) is 6.84. The topological polar surface area (TPSA) is 28.2 Å². The normalized spacial score (nSPS) is 17.3. The first-order chi connectivity index (χ1) is 12.3. The summed E-state index contributed by atoms with van der Waals surface area (Å²) in [7, 11) is 0. The average Bonchev–Trinajstić information content (AvgIpc) is 2.93. The highest BCUT2D eigenvalue weighted by Crippen LogP contribution is 2.35. The van der Waals surface area contributed by atoms with E-state index in [4.69, 9.17) is 0 Å². The van der Waals surface area contributed by atoms with Crippen LogP contribution in [0, 0.1) is 6.92 Å². The fourth-order valence-corrected chi connectivity index (χ4v) is 3.97. The smallest absolute Gasteiger partial charge is 0.0612 e. The Kier molecular flexibility index (Phi) is 4.77. The van der Waals surface area contributed by atoms with Crippen LogP contribution in [-0.2, 0) is 0 Å². The Morgan fingerprint density at radius 3 is 2.76 bits per heavy atom. The van der Waals surface area contributed by atoms with Crippen molar-refractivity contribution in [2.75, 3.05) is 26.2 Å². The molecule has 2 heterocycles. The molecule has 1 N–H and O–H groups in total. The Hall–Kier alpha value is -2.23. The van der Waals surface area contributed by atoms with Crippen LogP contribution in [0.2, 0.25) is 0 Å². The van der Waals surface area contributed by atoms with Crippen molar-refractivity contribution < 1.29 is 0 Å². The van der Waals surface area contributed by atoms with Crippen molar-refractivity contribution in [3.63, 3.8) is 0 Å². The average molecular weight is 331 g/mol. The van der Waals surface area contributed by atoms with Crippen molar-refractivity contribution in [3.05, 3.63) is 77.6 Å². The Morgan fingerprint density at radius 1 is 0.960 bits per heavy atom. The van der Waals surface area contributed by atoms with Crippen molar-refractivity contribution in [1.29, 1.82) is 0 Å². The minimum atomic E-state index is 0.272. The molecule has 0 aliphatic carbocycles. The molecule has 1 unspecified atom stereocenters. The molecular formula is C22H25N3. The summed E-state index contributed by atoms with van der Waals surface area (Å²) in [6, 6.07) is 17.9. The monoisotopic (exact) mass is 331 g/mol. The lowest BCUT2D eigenvalue weighted by atomic mass is 9.91. The van der Waals surface area contributed by atoms with Crippen LogP contribution in [0.4, 0.5) is 0 Å². The molecule has 3 aromatic rings. The van der Waals surface area contributed by atoms with Gasteiger partial charge in [0.1, 0.15) is 0 Å². The van der Waals surface area contributed by atoms with Gasteiger partial charge in [0.2, 0.25) is 0 Å². The van der Waals surface area contributed by atoms with Crippen molar-refractivity contribution in [2.45, 2.75) is 19.4 Å². The summed E-state index contributed by atoms with van der Waals surface area (Å²) in [5.74, 6) is 0. The third-order valence-electron chi connectivity index (χ3n) is 5.22. The molecule has 0 amide bonds. The van der Waals surface area contributed by atoms with E-state index >= 15 is 0 Å². The molecule has 1 aliphatic heterocycles. The zero-order valence-electron chi connectivity index (χ0n) is 14.8. The zero-order valence-corrected chi connectivity index (χ0v) is 14.8. The van der Waals surface area contributed by atoms with Crippen LogP contribution < -0.4 is 5.32 Å². The number of hydrogen-bond acceptors (Lipinski definition) is 3. The molecule has 1 saturated heterocycles. The Labute approximate surface area is 149 Å². The lowest BCUT2D eigenvalue weighted by Crippen LogP contribution is -2.33. The van der Waals surface area contributed by atoms with Gasteiger partial charge in [0.15, 0.2) is 0 Å². The maximum absolute atomic E-state index is 4.32. The molecular weight excluding hydrogens is 306 g/mol. The van der Waals surface area contributed by atoms with Gasteiger partial charge in [-0.3, -0.25) is 9.88 Å². The number of benzene rings is 2. The van der Waals surface area contributed by atoms with Gasteiger partial charge in [-0.15, -0.1) is 0 Å². The number of fused-ring (bicyclic) bond motifs is 1. The first-order valence-electron chi connectivity index (χ1n) is 9.17. The van der Waals surface area contributed by atoms with Crippen LogP contribution in [0.15, 0.2) is 60.9 Å². The van der Waals surface area contributed by atoms with Gasteiger partial charge in [-0.1, -0.05) is 42.5 Å². The van der Waals surface area contributed by atoms with Crippen LogP contribution in [0.1, 0.15) is 29.2 Å². The maximum atomic E-state index is 4.32. The molecule has 0 bridgehead atoms. The predicted molar refractivity (Wildman–Crippen MR) is 104 cm³/mol. The van der Waals surface area contributed by atoms with Crippen LogP contribution in [0.5, 0.6) is 0 Å². The zero-order chi connectivity index (χ0) is 17.1. The summed E-state index contributed by atoms with van der Waals surface area (Å²) >= 11 is 0. The van der Waals surface area contributed by atoms with Crippen LogP contribution >= 0.6 is 0 Å². The molecule has 1 atom stereocenters. The second kappa shape index (κ2) is 7.34. The van der Waals surface area contributed by atoms with Gasteiger partial charge < -0.3 is 5.32 Å². The van der Waals surface area contributed by atoms with Gasteiger partial charge in [0.25, 0.3) is 0 Å².